The summed E-state index contributed by atoms with van der Waals surface area (Å²) in [5, 5.41) is 0. The topological polar surface area (TPSA) is 32.8 Å². The third-order valence-electron chi connectivity index (χ3n) is 5.57. The highest BCUT2D eigenvalue weighted by molar-refractivity contribution is 7.16. The number of carbonyl (C=O) groups excluding carboxylic acids is 1. The molecule has 23 heavy (non-hydrogen) atoms. The number of rotatable bonds is 4. The molecular formula is C17H23ClN2O2S. The third-order valence-corrected chi connectivity index (χ3v) is 6.79. The summed E-state index contributed by atoms with van der Waals surface area (Å²) in [4.78, 5) is 18.3. The van der Waals surface area contributed by atoms with E-state index >= 15 is 0 Å². The Morgan fingerprint density at radius 3 is 2.52 bits per heavy atom. The van der Waals surface area contributed by atoms with Gasteiger partial charge in [0.2, 0.25) is 0 Å². The molecule has 1 aromatic heterocycles. The number of thiophene rings is 1. The molecule has 0 unspecified atom stereocenters. The Hall–Kier alpha value is -0.620. The van der Waals surface area contributed by atoms with Gasteiger partial charge in [0.25, 0.3) is 0 Å². The molecule has 1 aromatic rings. The van der Waals surface area contributed by atoms with Gasteiger partial charge in [-0.15, -0.1) is 11.3 Å². The molecule has 3 aliphatic rings. The summed E-state index contributed by atoms with van der Waals surface area (Å²) < 4.78 is 6.51. The normalized spacial score (nSPS) is 28.0. The molecule has 0 bridgehead atoms. The minimum atomic E-state index is -0.0923. The van der Waals surface area contributed by atoms with Crippen molar-refractivity contribution in [2.75, 3.05) is 32.7 Å². The number of nitrogens with zero attached hydrogens (tertiary/aromatic N) is 2. The van der Waals surface area contributed by atoms with E-state index < -0.39 is 0 Å². The van der Waals surface area contributed by atoms with E-state index in [9.17, 15) is 4.79 Å². The monoisotopic (exact) mass is 354 g/mol. The van der Waals surface area contributed by atoms with E-state index in [1.165, 1.54) is 11.3 Å². The first kappa shape index (κ1) is 15.9. The molecule has 0 aromatic carbocycles. The van der Waals surface area contributed by atoms with E-state index in [0.29, 0.717) is 0 Å². The maximum atomic E-state index is 12.0. The van der Waals surface area contributed by atoms with Gasteiger partial charge >= 0.3 is 5.97 Å². The van der Waals surface area contributed by atoms with Gasteiger partial charge in [0, 0.05) is 50.6 Å². The van der Waals surface area contributed by atoms with Gasteiger partial charge in [-0.2, -0.15) is 0 Å². The molecule has 1 saturated carbocycles. The first-order chi connectivity index (χ1) is 11.1. The number of piperazine rings is 1. The van der Waals surface area contributed by atoms with Crippen LogP contribution >= 0.6 is 22.9 Å². The van der Waals surface area contributed by atoms with Crippen molar-refractivity contribution < 1.29 is 9.53 Å². The van der Waals surface area contributed by atoms with Crippen LogP contribution in [0.2, 0.25) is 4.34 Å². The quantitative estimate of drug-likeness (QED) is 0.778. The van der Waals surface area contributed by atoms with Gasteiger partial charge in [-0.1, -0.05) is 18.0 Å². The van der Waals surface area contributed by atoms with Crippen LogP contribution in [0, 0.1) is 5.41 Å². The van der Waals surface area contributed by atoms with Crippen LogP contribution in [0.15, 0.2) is 12.1 Å². The lowest BCUT2D eigenvalue weighted by molar-refractivity contribution is -0.152. The Bertz CT molecular complexity index is 579. The Labute approximate surface area is 146 Å². The van der Waals surface area contributed by atoms with Crippen molar-refractivity contribution in [1.82, 2.24) is 9.80 Å². The van der Waals surface area contributed by atoms with Crippen LogP contribution in [0.1, 0.15) is 30.6 Å². The molecule has 4 rings (SSSR count). The molecule has 1 aliphatic carbocycles. The second kappa shape index (κ2) is 6.36. The fourth-order valence-corrected chi connectivity index (χ4v) is 5.16. The zero-order valence-corrected chi connectivity index (χ0v) is 14.9. The van der Waals surface area contributed by atoms with Gasteiger partial charge < -0.3 is 4.74 Å². The molecule has 1 spiro atoms. The van der Waals surface area contributed by atoms with Crippen LogP contribution in [0.25, 0.3) is 0 Å². The number of ether oxygens (including phenoxy) is 1. The predicted octanol–water partition coefficient (Wildman–Crippen LogP) is 3.00. The summed E-state index contributed by atoms with van der Waals surface area (Å²) in [5.41, 5.74) is -0.0923. The van der Waals surface area contributed by atoms with Gasteiger partial charge in [0.05, 0.1) is 9.75 Å². The number of esters is 1. The first-order valence-corrected chi connectivity index (χ1v) is 9.72. The third kappa shape index (κ3) is 3.29. The molecule has 2 aliphatic heterocycles. The summed E-state index contributed by atoms with van der Waals surface area (Å²) in [7, 11) is 0. The maximum absolute atomic E-state index is 12.0. The van der Waals surface area contributed by atoms with Gasteiger partial charge in [0.15, 0.2) is 0 Å². The highest BCUT2D eigenvalue weighted by Gasteiger charge is 2.52. The largest absolute Gasteiger partial charge is 0.461 e. The molecule has 3 heterocycles. The van der Waals surface area contributed by atoms with Crippen LogP contribution in [0.4, 0.5) is 0 Å². The molecule has 0 amide bonds. The Kier molecular flexibility index (Phi) is 4.39. The molecule has 3 fully saturated rings. The van der Waals surface area contributed by atoms with Crippen molar-refractivity contribution in [3.63, 3.8) is 0 Å². The minimum absolute atomic E-state index is 0.0713. The lowest BCUT2D eigenvalue weighted by Crippen LogP contribution is -2.48. The van der Waals surface area contributed by atoms with Crippen molar-refractivity contribution >= 4 is 28.9 Å². The van der Waals surface area contributed by atoms with Gasteiger partial charge in [-0.05, 0) is 25.0 Å². The van der Waals surface area contributed by atoms with Crippen molar-refractivity contribution in [3.05, 3.63) is 21.3 Å². The van der Waals surface area contributed by atoms with E-state index in [1.807, 2.05) is 6.07 Å². The van der Waals surface area contributed by atoms with E-state index in [4.69, 9.17) is 16.3 Å². The van der Waals surface area contributed by atoms with E-state index in [1.54, 1.807) is 11.3 Å². The molecule has 4 nitrogen and oxygen atoms in total. The SMILES string of the molecule is O=C1O[C@@H](CN2CCN(Cc3ccc(Cl)s3)CC2)CC12CCC2. The number of carbonyl (C=O) groups is 1. The predicted molar refractivity (Wildman–Crippen MR) is 91.8 cm³/mol. The van der Waals surface area contributed by atoms with Crippen molar-refractivity contribution in [2.24, 2.45) is 5.41 Å². The molecule has 126 valence electrons. The highest BCUT2D eigenvalue weighted by Crippen LogP contribution is 2.50. The van der Waals surface area contributed by atoms with Gasteiger partial charge in [-0.3, -0.25) is 14.6 Å². The average molecular weight is 355 g/mol. The van der Waals surface area contributed by atoms with Crippen molar-refractivity contribution in [1.29, 1.82) is 0 Å². The Balaban J connectivity index is 1.23. The van der Waals surface area contributed by atoms with Crippen molar-refractivity contribution in [3.8, 4) is 0 Å². The summed E-state index contributed by atoms with van der Waals surface area (Å²) in [6.45, 7) is 6.15. The number of cyclic esters (lactones) is 1. The molecule has 0 radical (unpaired) electrons. The minimum Gasteiger partial charge on any atom is -0.461 e. The summed E-state index contributed by atoms with van der Waals surface area (Å²) >= 11 is 7.67. The van der Waals surface area contributed by atoms with Crippen LogP contribution in [0.3, 0.4) is 0 Å². The molecule has 2 saturated heterocycles. The summed E-state index contributed by atoms with van der Waals surface area (Å²) in [6.07, 6.45) is 4.33. The zero-order valence-electron chi connectivity index (χ0n) is 13.3. The fraction of sp³-hybridized carbons (Fsp3) is 0.706. The van der Waals surface area contributed by atoms with Crippen molar-refractivity contribution in [2.45, 2.75) is 38.3 Å². The van der Waals surface area contributed by atoms with E-state index in [2.05, 4.69) is 15.9 Å². The average Bonchev–Trinajstić information content (AvgIpc) is 3.04. The van der Waals surface area contributed by atoms with Gasteiger partial charge in [0.1, 0.15) is 6.10 Å². The number of hydrogen-bond donors (Lipinski definition) is 0. The number of halogens is 1. The van der Waals surface area contributed by atoms with E-state index in [0.717, 1.165) is 62.9 Å². The highest BCUT2D eigenvalue weighted by atomic mass is 35.5. The molecular weight excluding hydrogens is 332 g/mol. The molecule has 0 N–H and O–H groups in total. The van der Waals surface area contributed by atoms with Crippen LogP contribution < -0.4 is 0 Å². The lowest BCUT2D eigenvalue weighted by Gasteiger charge is -2.36. The summed E-state index contributed by atoms with van der Waals surface area (Å²) in [6, 6.07) is 4.10. The van der Waals surface area contributed by atoms with Gasteiger partial charge in [-0.25, -0.2) is 0 Å². The standard InChI is InChI=1S/C17H23ClN2O2S/c18-15-3-2-14(23-15)12-20-8-6-19(7-9-20)11-13-10-17(4-1-5-17)16(21)22-13/h2-3,13H,1,4-12H2/t13-/m1/s1. The Morgan fingerprint density at radius 1 is 1.22 bits per heavy atom. The maximum Gasteiger partial charge on any atom is 0.312 e. The second-order valence-electron chi connectivity index (χ2n) is 7.15. The smallest absolute Gasteiger partial charge is 0.312 e. The first-order valence-electron chi connectivity index (χ1n) is 8.53. The lowest BCUT2D eigenvalue weighted by atomic mass is 9.67. The molecule has 6 heteroatoms. The summed E-state index contributed by atoms with van der Waals surface area (Å²) in [5.74, 6) is 0.0713. The van der Waals surface area contributed by atoms with Crippen LogP contribution in [0.5, 0.6) is 0 Å². The zero-order chi connectivity index (χ0) is 15.9. The fourth-order valence-electron chi connectivity index (χ4n) is 4.03. The van der Waals surface area contributed by atoms with Crippen LogP contribution in [-0.2, 0) is 16.1 Å². The van der Waals surface area contributed by atoms with E-state index in [-0.39, 0.29) is 17.5 Å². The van der Waals surface area contributed by atoms with Crippen LogP contribution in [-0.4, -0.2) is 54.6 Å². The molecule has 1 atom stereocenters. The number of hydrogen-bond acceptors (Lipinski definition) is 5. The Morgan fingerprint density at radius 2 is 1.96 bits per heavy atom. The second-order valence-corrected chi connectivity index (χ2v) is 8.95.